The molecule has 1 aromatic rings. The molecule has 1 aromatic heterocycles. The number of aromatic nitrogens is 1. The van der Waals surface area contributed by atoms with Crippen LogP contribution in [-0.4, -0.2) is 63.2 Å². The van der Waals surface area contributed by atoms with Gasteiger partial charge in [-0.25, -0.2) is 4.98 Å². The summed E-state index contributed by atoms with van der Waals surface area (Å²) in [6.45, 7) is 3.12. The van der Waals surface area contributed by atoms with Crippen molar-refractivity contribution in [1.82, 2.24) is 15.2 Å². The molecule has 0 unspecified atom stereocenters. The summed E-state index contributed by atoms with van der Waals surface area (Å²) in [7, 11) is 5.75. The normalized spacial score (nSPS) is 10.7. The highest BCUT2D eigenvalue weighted by Crippen LogP contribution is 2.06. The summed E-state index contributed by atoms with van der Waals surface area (Å²) in [5.74, 6) is 0.656. The van der Waals surface area contributed by atoms with Crippen LogP contribution >= 0.6 is 0 Å². The Bertz CT molecular complexity index is 424. The minimum atomic E-state index is -0.0788. The van der Waals surface area contributed by atoms with E-state index in [0.717, 1.165) is 31.7 Å². The minimum Gasteiger partial charge on any atom is -0.385 e. The van der Waals surface area contributed by atoms with Crippen LogP contribution in [0.3, 0.4) is 0 Å². The lowest BCUT2D eigenvalue weighted by atomic mass is 10.2. The second kappa shape index (κ2) is 10.1. The van der Waals surface area contributed by atoms with Crippen LogP contribution in [0.2, 0.25) is 0 Å². The predicted octanol–water partition coefficient (Wildman–Crippen LogP) is 1.21. The predicted molar refractivity (Wildman–Crippen MR) is 84.7 cm³/mol. The second-order valence-corrected chi connectivity index (χ2v) is 5.12. The molecule has 0 aromatic carbocycles. The highest BCUT2D eigenvalue weighted by atomic mass is 16.5. The van der Waals surface area contributed by atoms with E-state index >= 15 is 0 Å². The zero-order chi connectivity index (χ0) is 15.5. The van der Waals surface area contributed by atoms with E-state index in [9.17, 15) is 4.79 Å². The average Bonchev–Trinajstić information content (AvgIpc) is 2.48. The topological polar surface area (TPSA) is 66.5 Å². The lowest BCUT2D eigenvalue weighted by Gasteiger charge is -2.11. The molecule has 0 aliphatic rings. The molecule has 0 fully saturated rings. The number of carbonyl (C=O) groups excluding carboxylic acids is 1. The van der Waals surface area contributed by atoms with Crippen molar-refractivity contribution in [3.05, 3.63) is 23.9 Å². The van der Waals surface area contributed by atoms with Crippen molar-refractivity contribution in [3.8, 4) is 0 Å². The van der Waals surface area contributed by atoms with E-state index < -0.39 is 0 Å². The fraction of sp³-hybridized carbons (Fsp3) is 0.600. The SMILES string of the molecule is COCCCNC(=O)c1ccnc(NCCCN(C)C)c1. The summed E-state index contributed by atoms with van der Waals surface area (Å²) in [6, 6.07) is 3.50. The Morgan fingerprint density at radius 3 is 2.86 bits per heavy atom. The van der Waals surface area contributed by atoms with Gasteiger partial charge in [-0.15, -0.1) is 0 Å². The number of hydrogen-bond donors (Lipinski definition) is 2. The van der Waals surface area contributed by atoms with E-state index in [1.165, 1.54) is 0 Å². The summed E-state index contributed by atoms with van der Waals surface area (Å²) < 4.78 is 4.95. The van der Waals surface area contributed by atoms with Gasteiger partial charge < -0.3 is 20.3 Å². The van der Waals surface area contributed by atoms with E-state index in [1.807, 2.05) is 14.1 Å². The van der Waals surface area contributed by atoms with Crippen molar-refractivity contribution in [2.45, 2.75) is 12.8 Å². The van der Waals surface area contributed by atoms with Crippen LogP contribution in [0.15, 0.2) is 18.3 Å². The Morgan fingerprint density at radius 1 is 1.33 bits per heavy atom. The molecule has 0 saturated carbocycles. The summed E-state index contributed by atoms with van der Waals surface area (Å²) >= 11 is 0. The van der Waals surface area contributed by atoms with Gasteiger partial charge in [-0.1, -0.05) is 0 Å². The number of pyridine rings is 1. The standard InChI is InChI=1S/C15H26N4O2/c1-19(2)10-4-7-16-14-12-13(6-9-17-14)15(20)18-8-5-11-21-3/h6,9,12H,4-5,7-8,10-11H2,1-3H3,(H,16,17)(H,18,20). The maximum Gasteiger partial charge on any atom is 0.251 e. The molecule has 6 nitrogen and oxygen atoms in total. The van der Waals surface area contributed by atoms with Gasteiger partial charge in [0, 0.05) is 38.6 Å². The Morgan fingerprint density at radius 2 is 2.14 bits per heavy atom. The van der Waals surface area contributed by atoms with Crippen LogP contribution < -0.4 is 10.6 Å². The number of nitrogens with one attached hydrogen (secondary N) is 2. The molecule has 0 aliphatic carbocycles. The summed E-state index contributed by atoms with van der Waals surface area (Å²) in [5.41, 5.74) is 0.623. The minimum absolute atomic E-state index is 0.0788. The molecule has 0 radical (unpaired) electrons. The van der Waals surface area contributed by atoms with E-state index in [1.54, 1.807) is 25.4 Å². The summed E-state index contributed by atoms with van der Waals surface area (Å²) in [5, 5.41) is 6.10. The lowest BCUT2D eigenvalue weighted by molar-refractivity contribution is 0.0948. The Kier molecular flexibility index (Phi) is 8.38. The van der Waals surface area contributed by atoms with Gasteiger partial charge in [0.1, 0.15) is 5.82 Å². The molecular weight excluding hydrogens is 268 g/mol. The number of methoxy groups -OCH3 is 1. The van der Waals surface area contributed by atoms with Gasteiger partial charge in [-0.05, 0) is 45.6 Å². The van der Waals surface area contributed by atoms with Crippen LogP contribution in [0.1, 0.15) is 23.2 Å². The maximum atomic E-state index is 12.0. The van der Waals surface area contributed by atoms with Crippen molar-refractivity contribution >= 4 is 11.7 Å². The van der Waals surface area contributed by atoms with Crippen LogP contribution in [0, 0.1) is 0 Å². The quantitative estimate of drug-likeness (QED) is 0.635. The second-order valence-electron chi connectivity index (χ2n) is 5.12. The van der Waals surface area contributed by atoms with Crippen molar-refractivity contribution < 1.29 is 9.53 Å². The number of carbonyl (C=O) groups is 1. The first-order valence-electron chi connectivity index (χ1n) is 7.25. The van der Waals surface area contributed by atoms with Crippen LogP contribution in [0.25, 0.3) is 0 Å². The molecule has 1 amide bonds. The number of anilines is 1. The van der Waals surface area contributed by atoms with E-state index in [2.05, 4.69) is 20.5 Å². The van der Waals surface area contributed by atoms with Crippen molar-refractivity contribution in [3.63, 3.8) is 0 Å². The molecule has 0 bridgehead atoms. The van der Waals surface area contributed by atoms with E-state index in [-0.39, 0.29) is 5.91 Å². The highest BCUT2D eigenvalue weighted by molar-refractivity contribution is 5.94. The Labute approximate surface area is 126 Å². The van der Waals surface area contributed by atoms with Crippen molar-refractivity contribution in [2.75, 3.05) is 52.8 Å². The Balaban J connectivity index is 2.38. The third kappa shape index (κ3) is 7.63. The Hall–Kier alpha value is -1.66. The first-order valence-corrected chi connectivity index (χ1v) is 7.25. The largest absolute Gasteiger partial charge is 0.385 e. The molecule has 21 heavy (non-hydrogen) atoms. The summed E-state index contributed by atoms with van der Waals surface area (Å²) in [4.78, 5) is 18.3. The zero-order valence-electron chi connectivity index (χ0n) is 13.2. The van der Waals surface area contributed by atoms with Crippen LogP contribution in [0.5, 0.6) is 0 Å². The van der Waals surface area contributed by atoms with E-state index in [4.69, 9.17) is 4.74 Å². The summed E-state index contributed by atoms with van der Waals surface area (Å²) in [6.07, 6.45) is 3.49. The van der Waals surface area contributed by atoms with Gasteiger partial charge in [0.2, 0.25) is 0 Å². The van der Waals surface area contributed by atoms with Gasteiger partial charge >= 0.3 is 0 Å². The molecule has 0 atom stereocenters. The number of nitrogens with zero attached hydrogens (tertiary/aromatic N) is 2. The van der Waals surface area contributed by atoms with Gasteiger partial charge in [0.15, 0.2) is 0 Å². The van der Waals surface area contributed by atoms with Crippen LogP contribution in [-0.2, 0) is 4.74 Å². The molecule has 0 aliphatic heterocycles. The fourth-order valence-electron chi connectivity index (χ4n) is 1.80. The number of amides is 1. The maximum absolute atomic E-state index is 12.0. The van der Waals surface area contributed by atoms with Crippen molar-refractivity contribution in [1.29, 1.82) is 0 Å². The molecule has 2 N–H and O–H groups in total. The number of rotatable bonds is 10. The lowest BCUT2D eigenvalue weighted by Crippen LogP contribution is -2.25. The van der Waals surface area contributed by atoms with Crippen LogP contribution in [0.4, 0.5) is 5.82 Å². The van der Waals surface area contributed by atoms with Crippen molar-refractivity contribution in [2.24, 2.45) is 0 Å². The third-order valence-electron chi connectivity index (χ3n) is 2.92. The van der Waals surface area contributed by atoms with E-state index in [0.29, 0.717) is 18.7 Å². The van der Waals surface area contributed by atoms with Gasteiger partial charge in [-0.3, -0.25) is 4.79 Å². The smallest absolute Gasteiger partial charge is 0.251 e. The molecule has 118 valence electrons. The fourth-order valence-corrected chi connectivity index (χ4v) is 1.80. The molecule has 0 spiro atoms. The van der Waals surface area contributed by atoms with Gasteiger partial charge in [-0.2, -0.15) is 0 Å². The first kappa shape index (κ1) is 17.4. The first-order chi connectivity index (χ1) is 10.1. The monoisotopic (exact) mass is 294 g/mol. The molecule has 0 saturated heterocycles. The molecular formula is C15H26N4O2. The zero-order valence-corrected chi connectivity index (χ0v) is 13.2. The molecule has 1 heterocycles. The van der Waals surface area contributed by atoms with Gasteiger partial charge in [0.05, 0.1) is 0 Å². The average molecular weight is 294 g/mol. The van der Waals surface area contributed by atoms with Gasteiger partial charge in [0.25, 0.3) is 5.91 Å². The molecule has 6 heteroatoms. The molecule has 1 rings (SSSR count). The number of hydrogen-bond acceptors (Lipinski definition) is 5. The highest BCUT2D eigenvalue weighted by Gasteiger charge is 2.06. The number of ether oxygens (including phenoxy) is 1. The third-order valence-corrected chi connectivity index (χ3v) is 2.92.